The van der Waals surface area contributed by atoms with Gasteiger partial charge in [0, 0.05) is 41.1 Å². The SMILES string of the molecule is CCn1c(C)c(C2CCN(Sc3ccc(F)cc3Cl)CC2)c2cc(F)ccc21. The van der Waals surface area contributed by atoms with Crippen molar-refractivity contribution in [2.45, 2.75) is 44.0 Å². The Morgan fingerprint density at radius 3 is 2.43 bits per heavy atom. The Morgan fingerprint density at radius 1 is 1.07 bits per heavy atom. The Bertz CT molecular complexity index is 1010. The van der Waals surface area contributed by atoms with Crippen LogP contribution >= 0.6 is 23.5 Å². The fourth-order valence-corrected chi connectivity index (χ4v) is 5.54. The lowest BCUT2D eigenvalue weighted by atomic mass is 9.88. The van der Waals surface area contributed by atoms with Crippen LogP contribution in [0.3, 0.4) is 0 Å². The molecule has 2 heterocycles. The van der Waals surface area contributed by atoms with Gasteiger partial charge in [-0.2, -0.15) is 0 Å². The Morgan fingerprint density at radius 2 is 1.75 bits per heavy atom. The second kappa shape index (κ2) is 8.05. The highest BCUT2D eigenvalue weighted by atomic mass is 35.5. The molecule has 4 rings (SSSR count). The minimum absolute atomic E-state index is 0.180. The van der Waals surface area contributed by atoms with Crippen molar-refractivity contribution < 1.29 is 8.78 Å². The summed E-state index contributed by atoms with van der Waals surface area (Å²) in [4.78, 5) is 0.877. The molecule has 0 unspecified atom stereocenters. The quantitative estimate of drug-likeness (QED) is 0.429. The molecule has 3 aromatic rings. The Kier molecular flexibility index (Phi) is 5.68. The molecule has 2 aromatic carbocycles. The van der Waals surface area contributed by atoms with E-state index in [1.807, 2.05) is 6.07 Å². The van der Waals surface area contributed by atoms with E-state index in [0.717, 1.165) is 48.3 Å². The molecular formula is C22H23ClF2N2S. The van der Waals surface area contributed by atoms with Gasteiger partial charge in [0.25, 0.3) is 0 Å². The molecule has 1 aromatic heterocycles. The van der Waals surface area contributed by atoms with Crippen LogP contribution in [-0.4, -0.2) is 22.0 Å². The van der Waals surface area contributed by atoms with Crippen LogP contribution in [0.4, 0.5) is 8.78 Å². The molecule has 148 valence electrons. The highest BCUT2D eigenvalue weighted by molar-refractivity contribution is 7.97. The van der Waals surface area contributed by atoms with E-state index in [2.05, 4.69) is 22.7 Å². The van der Waals surface area contributed by atoms with E-state index < -0.39 is 0 Å². The van der Waals surface area contributed by atoms with Crippen molar-refractivity contribution in [2.24, 2.45) is 0 Å². The smallest absolute Gasteiger partial charge is 0.124 e. The fourth-order valence-electron chi connectivity index (χ4n) is 4.33. The third-order valence-corrected chi connectivity index (χ3v) is 7.23. The van der Waals surface area contributed by atoms with Gasteiger partial charge < -0.3 is 4.57 Å². The first-order valence-electron chi connectivity index (χ1n) is 9.64. The van der Waals surface area contributed by atoms with Crippen molar-refractivity contribution in [3.8, 4) is 0 Å². The number of benzene rings is 2. The topological polar surface area (TPSA) is 8.17 Å². The summed E-state index contributed by atoms with van der Waals surface area (Å²) in [6, 6.07) is 9.65. The molecule has 0 radical (unpaired) electrons. The number of halogens is 3. The molecule has 0 aliphatic carbocycles. The van der Waals surface area contributed by atoms with Crippen LogP contribution in [0.25, 0.3) is 10.9 Å². The molecule has 0 amide bonds. The van der Waals surface area contributed by atoms with Gasteiger partial charge in [-0.05, 0) is 86.5 Å². The average molecular weight is 421 g/mol. The standard InChI is InChI=1S/C22H23ClF2N2S/c1-3-27-14(2)22(18-12-16(24)4-6-20(18)27)15-8-10-26(11-9-15)28-21-7-5-17(25)13-19(21)23/h4-7,12-13,15H,3,8-11H2,1-2H3. The number of nitrogens with zero attached hydrogens (tertiary/aromatic N) is 2. The molecule has 6 heteroatoms. The zero-order chi connectivity index (χ0) is 19.8. The van der Waals surface area contributed by atoms with Crippen LogP contribution < -0.4 is 0 Å². The third kappa shape index (κ3) is 3.68. The predicted octanol–water partition coefficient (Wildman–Crippen LogP) is 6.79. The van der Waals surface area contributed by atoms with Crippen LogP contribution in [0.5, 0.6) is 0 Å². The summed E-state index contributed by atoms with van der Waals surface area (Å²) in [6.07, 6.45) is 2.01. The second-order valence-electron chi connectivity index (χ2n) is 7.27. The van der Waals surface area contributed by atoms with E-state index in [1.54, 1.807) is 30.1 Å². The lowest BCUT2D eigenvalue weighted by molar-refractivity contribution is 0.346. The van der Waals surface area contributed by atoms with Gasteiger partial charge in [0.05, 0.1) is 5.02 Å². The third-order valence-electron chi connectivity index (χ3n) is 5.63. The lowest BCUT2D eigenvalue weighted by Crippen LogP contribution is -2.27. The van der Waals surface area contributed by atoms with Crippen LogP contribution in [0, 0.1) is 18.6 Å². The van der Waals surface area contributed by atoms with Crippen LogP contribution in [0.15, 0.2) is 41.3 Å². The summed E-state index contributed by atoms with van der Waals surface area (Å²) >= 11 is 7.75. The van der Waals surface area contributed by atoms with E-state index in [4.69, 9.17) is 11.6 Å². The van der Waals surface area contributed by atoms with E-state index in [9.17, 15) is 8.78 Å². The largest absolute Gasteiger partial charge is 0.345 e. The molecule has 0 N–H and O–H groups in total. The summed E-state index contributed by atoms with van der Waals surface area (Å²) in [7, 11) is 0. The molecule has 1 aliphatic rings. The van der Waals surface area contributed by atoms with Crippen molar-refractivity contribution in [3.05, 3.63) is 64.3 Å². The molecule has 0 spiro atoms. The molecule has 0 atom stereocenters. The van der Waals surface area contributed by atoms with Crippen LogP contribution in [-0.2, 0) is 6.54 Å². The Hall–Kier alpha value is -1.56. The maximum Gasteiger partial charge on any atom is 0.124 e. The van der Waals surface area contributed by atoms with Crippen molar-refractivity contribution in [1.82, 2.24) is 8.87 Å². The highest BCUT2D eigenvalue weighted by Crippen LogP contribution is 2.40. The number of aromatic nitrogens is 1. The minimum atomic E-state index is -0.317. The molecular weight excluding hydrogens is 398 g/mol. The number of piperidine rings is 1. The summed E-state index contributed by atoms with van der Waals surface area (Å²) in [6.45, 7) is 6.99. The Labute approximate surface area is 173 Å². The van der Waals surface area contributed by atoms with Gasteiger partial charge in [0.1, 0.15) is 11.6 Å². The van der Waals surface area contributed by atoms with E-state index in [0.29, 0.717) is 10.9 Å². The van der Waals surface area contributed by atoms with E-state index in [-0.39, 0.29) is 11.6 Å². The first-order valence-corrected chi connectivity index (χ1v) is 10.8. The Balaban J connectivity index is 1.54. The molecule has 1 saturated heterocycles. The van der Waals surface area contributed by atoms with Crippen LogP contribution in [0.1, 0.15) is 36.9 Å². The van der Waals surface area contributed by atoms with Gasteiger partial charge in [-0.15, -0.1) is 0 Å². The molecule has 1 fully saturated rings. The maximum atomic E-state index is 13.9. The predicted molar refractivity (Wildman–Crippen MR) is 113 cm³/mol. The summed E-state index contributed by atoms with van der Waals surface area (Å²) < 4.78 is 31.8. The molecule has 1 aliphatic heterocycles. The zero-order valence-corrected chi connectivity index (χ0v) is 17.6. The van der Waals surface area contributed by atoms with E-state index >= 15 is 0 Å². The second-order valence-corrected chi connectivity index (χ2v) is 8.82. The molecule has 0 saturated carbocycles. The lowest BCUT2D eigenvalue weighted by Gasteiger charge is -2.31. The first-order chi connectivity index (χ1) is 13.5. The molecule has 28 heavy (non-hydrogen) atoms. The van der Waals surface area contributed by atoms with Crippen molar-refractivity contribution in [1.29, 1.82) is 0 Å². The van der Waals surface area contributed by atoms with E-state index in [1.165, 1.54) is 23.4 Å². The number of hydrogen-bond donors (Lipinski definition) is 0. The number of hydrogen-bond acceptors (Lipinski definition) is 2. The zero-order valence-electron chi connectivity index (χ0n) is 16.0. The maximum absolute atomic E-state index is 13.9. The molecule has 0 bridgehead atoms. The average Bonchev–Trinajstić information content (AvgIpc) is 2.95. The summed E-state index contributed by atoms with van der Waals surface area (Å²) in [5, 5.41) is 1.50. The van der Waals surface area contributed by atoms with Gasteiger partial charge in [-0.3, -0.25) is 0 Å². The van der Waals surface area contributed by atoms with Gasteiger partial charge in [-0.25, -0.2) is 13.1 Å². The van der Waals surface area contributed by atoms with Crippen molar-refractivity contribution in [3.63, 3.8) is 0 Å². The first kappa shape index (κ1) is 19.7. The highest BCUT2D eigenvalue weighted by Gasteiger charge is 2.27. The number of fused-ring (bicyclic) bond motifs is 1. The van der Waals surface area contributed by atoms with Gasteiger partial charge >= 0.3 is 0 Å². The van der Waals surface area contributed by atoms with Crippen molar-refractivity contribution in [2.75, 3.05) is 13.1 Å². The fraction of sp³-hybridized carbons (Fsp3) is 0.364. The summed E-state index contributed by atoms with van der Waals surface area (Å²) in [5.41, 5.74) is 3.66. The monoisotopic (exact) mass is 420 g/mol. The number of rotatable bonds is 4. The van der Waals surface area contributed by atoms with Gasteiger partial charge in [-0.1, -0.05) is 11.6 Å². The normalized spacial score (nSPS) is 16.2. The minimum Gasteiger partial charge on any atom is -0.345 e. The van der Waals surface area contributed by atoms with Crippen molar-refractivity contribution >= 4 is 34.5 Å². The van der Waals surface area contributed by atoms with Gasteiger partial charge in [0.2, 0.25) is 0 Å². The number of aryl methyl sites for hydroxylation is 1. The van der Waals surface area contributed by atoms with Crippen LogP contribution in [0.2, 0.25) is 5.02 Å². The summed E-state index contributed by atoms with van der Waals surface area (Å²) in [5.74, 6) is -0.0818. The molecule has 2 nitrogen and oxygen atoms in total. The van der Waals surface area contributed by atoms with Gasteiger partial charge in [0.15, 0.2) is 0 Å².